The van der Waals surface area contributed by atoms with E-state index in [1.807, 2.05) is 6.07 Å². The molecule has 0 aromatic heterocycles. The first-order chi connectivity index (χ1) is 7.15. The Labute approximate surface area is 87.7 Å². The van der Waals surface area contributed by atoms with Crippen molar-refractivity contribution in [2.24, 2.45) is 0 Å². The molecule has 1 aromatic rings. The number of phenolic OH excluding ortho intramolecular Hbond substituents is 1. The van der Waals surface area contributed by atoms with E-state index >= 15 is 0 Å². The summed E-state index contributed by atoms with van der Waals surface area (Å²) in [5.74, 6) is -0.768. The van der Waals surface area contributed by atoms with E-state index in [1.54, 1.807) is 6.92 Å². The van der Waals surface area contributed by atoms with Crippen LogP contribution in [0, 0.1) is 11.3 Å². The van der Waals surface area contributed by atoms with Crippen LogP contribution in [0.5, 0.6) is 5.75 Å². The molecule has 0 aliphatic rings. The molecule has 0 radical (unpaired) electrons. The molecule has 1 aromatic carbocycles. The van der Waals surface area contributed by atoms with Gasteiger partial charge in [0.2, 0.25) is 0 Å². The molecule has 0 unspecified atom stereocenters. The van der Waals surface area contributed by atoms with E-state index in [9.17, 15) is 9.90 Å². The number of carbonyl (C=O) groups is 1. The minimum Gasteiger partial charge on any atom is -0.507 e. The SMILES string of the molecule is CCc1c(C#N)ccc(C(=O)OC)c1O. The highest BCUT2D eigenvalue weighted by Gasteiger charge is 2.16. The number of benzene rings is 1. The predicted molar refractivity (Wildman–Crippen MR) is 53.5 cm³/mol. The van der Waals surface area contributed by atoms with Crippen LogP contribution in [0.3, 0.4) is 0 Å². The van der Waals surface area contributed by atoms with Crippen molar-refractivity contribution in [1.29, 1.82) is 5.26 Å². The van der Waals surface area contributed by atoms with Gasteiger partial charge in [0.15, 0.2) is 0 Å². The molecule has 4 heteroatoms. The monoisotopic (exact) mass is 205 g/mol. The van der Waals surface area contributed by atoms with E-state index in [1.165, 1.54) is 19.2 Å². The maximum atomic E-state index is 11.2. The summed E-state index contributed by atoms with van der Waals surface area (Å²) in [4.78, 5) is 11.2. The molecule has 0 heterocycles. The van der Waals surface area contributed by atoms with Gasteiger partial charge in [-0.25, -0.2) is 4.79 Å². The van der Waals surface area contributed by atoms with Crippen LogP contribution >= 0.6 is 0 Å². The van der Waals surface area contributed by atoms with Gasteiger partial charge in [0.1, 0.15) is 11.3 Å². The molecule has 0 saturated carbocycles. The van der Waals surface area contributed by atoms with Gasteiger partial charge in [-0.2, -0.15) is 5.26 Å². The third-order valence-electron chi connectivity index (χ3n) is 2.16. The van der Waals surface area contributed by atoms with Crippen molar-refractivity contribution >= 4 is 5.97 Å². The van der Waals surface area contributed by atoms with E-state index in [0.29, 0.717) is 17.5 Å². The number of hydrogen-bond acceptors (Lipinski definition) is 4. The van der Waals surface area contributed by atoms with Gasteiger partial charge in [-0.15, -0.1) is 0 Å². The molecule has 0 aliphatic heterocycles. The standard InChI is InChI=1S/C11H11NO3/c1-3-8-7(6-12)4-5-9(10(8)13)11(14)15-2/h4-5,13H,3H2,1-2H3. The second-order valence-electron chi connectivity index (χ2n) is 2.94. The summed E-state index contributed by atoms with van der Waals surface area (Å²) in [5.41, 5.74) is 0.941. The Morgan fingerprint density at radius 1 is 1.60 bits per heavy atom. The summed E-state index contributed by atoms with van der Waals surface area (Å²) in [7, 11) is 1.24. The zero-order chi connectivity index (χ0) is 11.4. The number of carbonyl (C=O) groups excluding carboxylic acids is 1. The summed E-state index contributed by atoms with van der Waals surface area (Å²) in [6.45, 7) is 1.80. The van der Waals surface area contributed by atoms with Crippen molar-refractivity contribution in [2.75, 3.05) is 7.11 Å². The van der Waals surface area contributed by atoms with Crippen molar-refractivity contribution in [3.05, 3.63) is 28.8 Å². The third kappa shape index (κ3) is 1.91. The highest BCUT2D eigenvalue weighted by atomic mass is 16.5. The molecule has 1 rings (SSSR count). The van der Waals surface area contributed by atoms with E-state index < -0.39 is 5.97 Å². The number of hydrogen-bond donors (Lipinski definition) is 1. The van der Waals surface area contributed by atoms with Crippen LogP contribution in [0.25, 0.3) is 0 Å². The molecule has 15 heavy (non-hydrogen) atoms. The average Bonchev–Trinajstić information content (AvgIpc) is 2.27. The fourth-order valence-electron chi connectivity index (χ4n) is 1.37. The second kappa shape index (κ2) is 4.47. The van der Waals surface area contributed by atoms with Crippen LogP contribution in [-0.4, -0.2) is 18.2 Å². The van der Waals surface area contributed by atoms with Crippen LogP contribution in [0.4, 0.5) is 0 Å². The number of phenols is 1. The highest BCUT2D eigenvalue weighted by Crippen LogP contribution is 2.26. The lowest BCUT2D eigenvalue weighted by atomic mass is 10.0. The Hall–Kier alpha value is -2.02. The van der Waals surface area contributed by atoms with Gasteiger partial charge in [0, 0.05) is 5.56 Å². The predicted octanol–water partition coefficient (Wildman–Crippen LogP) is 1.61. The molecule has 4 nitrogen and oxygen atoms in total. The molecule has 0 aliphatic carbocycles. The molecule has 0 atom stereocenters. The molecule has 0 saturated heterocycles. The van der Waals surface area contributed by atoms with E-state index in [0.717, 1.165) is 0 Å². The van der Waals surface area contributed by atoms with Gasteiger partial charge in [0.25, 0.3) is 0 Å². The molecular weight excluding hydrogens is 194 g/mol. The second-order valence-corrected chi connectivity index (χ2v) is 2.94. The molecule has 0 fully saturated rings. The Kier molecular flexibility index (Phi) is 3.29. The number of methoxy groups -OCH3 is 1. The number of nitriles is 1. The van der Waals surface area contributed by atoms with Crippen LogP contribution in [0.2, 0.25) is 0 Å². The molecule has 78 valence electrons. The topological polar surface area (TPSA) is 70.3 Å². The van der Waals surface area contributed by atoms with Gasteiger partial charge in [0.05, 0.1) is 18.7 Å². The van der Waals surface area contributed by atoms with E-state index in [4.69, 9.17) is 5.26 Å². The van der Waals surface area contributed by atoms with Gasteiger partial charge >= 0.3 is 5.97 Å². The van der Waals surface area contributed by atoms with Crippen LogP contribution in [-0.2, 0) is 11.2 Å². The first-order valence-corrected chi connectivity index (χ1v) is 4.49. The number of aromatic hydroxyl groups is 1. The number of rotatable bonds is 2. The largest absolute Gasteiger partial charge is 0.507 e. The Bertz CT molecular complexity index is 432. The average molecular weight is 205 g/mol. The van der Waals surface area contributed by atoms with Crippen molar-refractivity contribution in [1.82, 2.24) is 0 Å². The summed E-state index contributed by atoms with van der Waals surface area (Å²) in [6, 6.07) is 4.85. The van der Waals surface area contributed by atoms with Crippen LogP contribution in [0.15, 0.2) is 12.1 Å². The fraction of sp³-hybridized carbons (Fsp3) is 0.273. The summed E-state index contributed by atoms with van der Waals surface area (Å²) < 4.78 is 4.51. The Balaban J connectivity index is 3.37. The zero-order valence-corrected chi connectivity index (χ0v) is 8.57. The van der Waals surface area contributed by atoms with E-state index in [2.05, 4.69) is 4.74 Å². The highest BCUT2D eigenvalue weighted by molar-refractivity contribution is 5.93. The van der Waals surface area contributed by atoms with Crippen molar-refractivity contribution < 1.29 is 14.6 Å². The first-order valence-electron chi connectivity index (χ1n) is 4.49. The molecule has 0 amide bonds. The van der Waals surface area contributed by atoms with Crippen LogP contribution < -0.4 is 0 Å². The minimum absolute atomic E-state index is 0.0911. The number of nitrogens with zero attached hydrogens (tertiary/aromatic N) is 1. The smallest absolute Gasteiger partial charge is 0.341 e. The number of esters is 1. The van der Waals surface area contributed by atoms with Gasteiger partial charge in [-0.1, -0.05) is 6.92 Å². The quantitative estimate of drug-likeness (QED) is 0.744. The number of ether oxygens (including phenoxy) is 1. The maximum absolute atomic E-state index is 11.2. The zero-order valence-electron chi connectivity index (χ0n) is 8.57. The summed E-state index contributed by atoms with van der Waals surface area (Å²) in [5, 5.41) is 18.5. The normalized spacial score (nSPS) is 9.40. The fourth-order valence-corrected chi connectivity index (χ4v) is 1.37. The lowest BCUT2D eigenvalue weighted by Gasteiger charge is -2.08. The Morgan fingerprint density at radius 2 is 2.27 bits per heavy atom. The summed E-state index contributed by atoms with van der Waals surface area (Å²) >= 11 is 0. The summed E-state index contributed by atoms with van der Waals surface area (Å²) in [6.07, 6.45) is 0.486. The molecular formula is C11H11NO3. The Morgan fingerprint density at radius 3 is 2.73 bits per heavy atom. The lowest BCUT2D eigenvalue weighted by molar-refractivity contribution is 0.0597. The van der Waals surface area contributed by atoms with Crippen molar-refractivity contribution in [3.63, 3.8) is 0 Å². The molecule has 1 N–H and O–H groups in total. The van der Waals surface area contributed by atoms with E-state index in [-0.39, 0.29) is 11.3 Å². The minimum atomic E-state index is -0.605. The molecule has 0 bridgehead atoms. The third-order valence-corrected chi connectivity index (χ3v) is 2.16. The lowest BCUT2D eigenvalue weighted by Crippen LogP contribution is -2.04. The van der Waals surface area contributed by atoms with Crippen LogP contribution in [0.1, 0.15) is 28.4 Å². The van der Waals surface area contributed by atoms with Gasteiger partial charge < -0.3 is 9.84 Å². The first kappa shape index (κ1) is 11.1. The van der Waals surface area contributed by atoms with Gasteiger partial charge in [-0.05, 0) is 18.6 Å². The van der Waals surface area contributed by atoms with Crippen molar-refractivity contribution in [2.45, 2.75) is 13.3 Å². The molecule has 0 spiro atoms. The van der Waals surface area contributed by atoms with Gasteiger partial charge in [-0.3, -0.25) is 0 Å². The maximum Gasteiger partial charge on any atom is 0.341 e. The van der Waals surface area contributed by atoms with Crippen molar-refractivity contribution in [3.8, 4) is 11.8 Å².